The molecule has 0 atom stereocenters. The number of aliphatic imine (C=N–C) groups is 2. The number of rotatable bonds is 6. The second-order valence-corrected chi connectivity index (χ2v) is 8.61. The molecule has 0 spiro atoms. The fourth-order valence-corrected chi connectivity index (χ4v) is 3.98. The van der Waals surface area contributed by atoms with Crippen LogP contribution in [0.4, 0.5) is 5.69 Å². The Labute approximate surface area is 200 Å². The molecule has 0 aromatic heterocycles. The lowest BCUT2D eigenvalue weighted by Crippen LogP contribution is -2.31. The third-order valence-corrected chi connectivity index (χ3v) is 5.85. The normalized spacial score (nSPS) is 13.0. The van der Waals surface area contributed by atoms with E-state index in [-0.39, 0.29) is 12.5 Å². The number of benzene rings is 3. The Hall–Kier alpha value is -2.86. The molecule has 1 amide bonds. The molecule has 0 bridgehead atoms. The van der Waals surface area contributed by atoms with Gasteiger partial charge in [0.2, 0.25) is 0 Å². The summed E-state index contributed by atoms with van der Waals surface area (Å²) in [5.41, 5.74) is 10.3. The van der Waals surface area contributed by atoms with Crippen LogP contribution in [-0.2, 0) is 17.8 Å². The molecule has 0 aliphatic carbocycles. The highest BCUT2D eigenvalue weighted by Crippen LogP contribution is 2.29. The third-order valence-electron chi connectivity index (χ3n) is 4.99. The van der Waals surface area contributed by atoms with Gasteiger partial charge in [-0.3, -0.25) is 9.79 Å². The molecule has 3 N–H and O–H groups in total. The SMILES string of the molecule is Nc1c(Cl)cc(C2=NCC(C(=O)NCc3ccc(Cc4cccc(Cl)c4)cc3)=N2)cc1Cl. The standard InChI is InChI=1S/C24H19Cl3N4O/c25-18-3-1-2-16(9-18)8-14-4-6-15(7-5-14)12-30-24(32)21-13-29-23(31-21)17-10-19(26)22(28)20(27)11-17/h1-7,9-11H,8,12-13,28H2,(H,30,32). The Kier molecular flexibility index (Phi) is 6.80. The van der Waals surface area contributed by atoms with Crippen LogP contribution >= 0.6 is 34.8 Å². The van der Waals surface area contributed by atoms with Gasteiger partial charge in [0, 0.05) is 17.1 Å². The van der Waals surface area contributed by atoms with Crippen molar-refractivity contribution in [1.82, 2.24) is 5.32 Å². The van der Waals surface area contributed by atoms with Crippen molar-refractivity contribution in [2.75, 3.05) is 12.3 Å². The first-order chi connectivity index (χ1) is 15.4. The summed E-state index contributed by atoms with van der Waals surface area (Å²) in [6.45, 7) is 0.587. The fourth-order valence-electron chi connectivity index (χ4n) is 3.28. The van der Waals surface area contributed by atoms with Crippen molar-refractivity contribution in [1.29, 1.82) is 0 Å². The lowest BCUT2D eigenvalue weighted by Gasteiger charge is -2.07. The van der Waals surface area contributed by atoms with Gasteiger partial charge in [0.25, 0.3) is 5.91 Å². The third kappa shape index (κ3) is 5.30. The number of nitrogens with two attached hydrogens (primary N) is 1. The van der Waals surface area contributed by atoms with E-state index in [0.29, 0.717) is 39.4 Å². The lowest BCUT2D eigenvalue weighted by molar-refractivity contribution is -0.115. The second kappa shape index (κ2) is 9.74. The highest BCUT2D eigenvalue weighted by atomic mass is 35.5. The zero-order chi connectivity index (χ0) is 22.7. The number of nitrogen functional groups attached to an aromatic ring is 1. The van der Waals surface area contributed by atoms with Crippen molar-refractivity contribution in [3.05, 3.63) is 98.0 Å². The zero-order valence-corrected chi connectivity index (χ0v) is 19.2. The van der Waals surface area contributed by atoms with E-state index in [0.717, 1.165) is 22.6 Å². The maximum Gasteiger partial charge on any atom is 0.267 e. The molecule has 0 saturated carbocycles. The highest BCUT2D eigenvalue weighted by Gasteiger charge is 2.19. The van der Waals surface area contributed by atoms with Crippen LogP contribution < -0.4 is 11.1 Å². The van der Waals surface area contributed by atoms with Gasteiger partial charge >= 0.3 is 0 Å². The van der Waals surface area contributed by atoms with E-state index in [1.807, 2.05) is 48.5 Å². The van der Waals surface area contributed by atoms with Crippen LogP contribution in [0.15, 0.2) is 70.6 Å². The molecule has 4 rings (SSSR count). The van der Waals surface area contributed by atoms with Crippen LogP contribution in [-0.4, -0.2) is 24.0 Å². The first-order valence-corrected chi connectivity index (χ1v) is 11.0. The van der Waals surface area contributed by atoms with Crippen molar-refractivity contribution in [2.45, 2.75) is 13.0 Å². The number of amides is 1. The summed E-state index contributed by atoms with van der Waals surface area (Å²) in [6.07, 6.45) is 0.795. The maximum absolute atomic E-state index is 12.5. The zero-order valence-electron chi connectivity index (χ0n) is 16.9. The van der Waals surface area contributed by atoms with Crippen LogP contribution in [0.2, 0.25) is 15.1 Å². The molecule has 0 fully saturated rings. The summed E-state index contributed by atoms with van der Waals surface area (Å²) < 4.78 is 0. The number of nitrogens with zero attached hydrogens (tertiary/aromatic N) is 2. The van der Waals surface area contributed by atoms with Crippen molar-refractivity contribution in [3.8, 4) is 0 Å². The largest absolute Gasteiger partial charge is 0.396 e. The molecule has 3 aromatic rings. The molecule has 32 heavy (non-hydrogen) atoms. The Morgan fingerprint density at radius 2 is 1.62 bits per heavy atom. The molecule has 5 nitrogen and oxygen atoms in total. The van der Waals surface area contributed by atoms with E-state index in [4.69, 9.17) is 40.5 Å². The van der Waals surface area contributed by atoms with Gasteiger partial charge in [0.15, 0.2) is 5.84 Å². The van der Waals surface area contributed by atoms with E-state index in [9.17, 15) is 4.79 Å². The molecule has 8 heteroatoms. The van der Waals surface area contributed by atoms with Gasteiger partial charge in [-0.15, -0.1) is 0 Å². The minimum Gasteiger partial charge on any atom is -0.396 e. The monoisotopic (exact) mass is 484 g/mol. The number of nitrogens with one attached hydrogen (secondary N) is 1. The first kappa shape index (κ1) is 22.3. The van der Waals surface area contributed by atoms with E-state index < -0.39 is 0 Å². The summed E-state index contributed by atoms with van der Waals surface area (Å²) in [6, 6.07) is 19.2. The summed E-state index contributed by atoms with van der Waals surface area (Å²) >= 11 is 18.2. The van der Waals surface area contributed by atoms with Crippen molar-refractivity contribution in [3.63, 3.8) is 0 Å². The van der Waals surface area contributed by atoms with E-state index in [1.54, 1.807) is 12.1 Å². The topological polar surface area (TPSA) is 79.8 Å². The average Bonchev–Trinajstić information content (AvgIpc) is 3.27. The Morgan fingerprint density at radius 1 is 0.938 bits per heavy atom. The summed E-state index contributed by atoms with van der Waals surface area (Å²) in [7, 11) is 0. The maximum atomic E-state index is 12.5. The predicted octanol–water partition coefficient (Wildman–Crippen LogP) is 5.34. The molecular weight excluding hydrogens is 467 g/mol. The summed E-state index contributed by atoms with van der Waals surface area (Å²) in [4.78, 5) is 21.2. The van der Waals surface area contributed by atoms with E-state index in [1.165, 1.54) is 5.56 Å². The second-order valence-electron chi connectivity index (χ2n) is 7.36. The predicted molar refractivity (Wildman–Crippen MR) is 132 cm³/mol. The van der Waals surface area contributed by atoms with Gasteiger partial charge in [-0.1, -0.05) is 71.2 Å². The molecule has 1 heterocycles. The van der Waals surface area contributed by atoms with Crippen molar-refractivity contribution >= 4 is 57.9 Å². The average molecular weight is 486 g/mol. The van der Waals surface area contributed by atoms with Crippen LogP contribution in [0.1, 0.15) is 22.3 Å². The summed E-state index contributed by atoms with van der Waals surface area (Å²) in [5.74, 6) is 0.142. The molecule has 0 saturated heterocycles. The minimum atomic E-state index is -0.264. The van der Waals surface area contributed by atoms with Gasteiger partial charge < -0.3 is 11.1 Å². The van der Waals surface area contributed by atoms with E-state index >= 15 is 0 Å². The van der Waals surface area contributed by atoms with Gasteiger partial charge in [-0.2, -0.15) is 0 Å². The number of hydrogen-bond donors (Lipinski definition) is 2. The van der Waals surface area contributed by atoms with Crippen molar-refractivity contribution < 1.29 is 4.79 Å². The molecule has 162 valence electrons. The molecular formula is C24H19Cl3N4O. The molecule has 3 aromatic carbocycles. The van der Waals surface area contributed by atoms with Crippen LogP contribution in [0, 0.1) is 0 Å². The van der Waals surface area contributed by atoms with Gasteiger partial charge in [0.05, 0.1) is 22.3 Å². The summed E-state index contributed by atoms with van der Waals surface area (Å²) in [5, 5.41) is 4.26. The number of amidine groups is 1. The number of anilines is 1. The quantitative estimate of drug-likeness (QED) is 0.462. The first-order valence-electron chi connectivity index (χ1n) is 9.86. The number of carbonyl (C=O) groups excluding carboxylic acids is 1. The highest BCUT2D eigenvalue weighted by molar-refractivity contribution is 6.44. The molecule has 0 radical (unpaired) electrons. The van der Waals surface area contributed by atoms with Crippen LogP contribution in [0.5, 0.6) is 0 Å². The van der Waals surface area contributed by atoms with Gasteiger partial charge in [-0.05, 0) is 47.4 Å². The lowest BCUT2D eigenvalue weighted by atomic mass is 10.0. The minimum absolute atomic E-state index is 0.194. The van der Waals surface area contributed by atoms with Crippen LogP contribution in [0.25, 0.3) is 0 Å². The number of halogens is 3. The Bertz CT molecular complexity index is 1210. The van der Waals surface area contributed by atoms with Crippen molar-refractivity contribution in [2.24, 2.45) is 9.98 Å². The Morgan fingerprint density at radius 3 is 2.31 bits per heavy atom. The number of hydrogen-bond acceptors (Lipinski definition) is 4. The van der Waals surface area contributed by atoms with Gasteiger partial charge in [0.1, 0.15) is 5.71 Å². The fraction of sp³-hybridized carbons (Fsp3) is 0.125. The number of carbonyl (C=O) groups is 1. The smallest absolute Gasteiger partial charge is 0.267 e. The Balaban J connectivity index is 1.34. The van der Waals surface area contributed by atoms with Gasteiger partial charge in [-0.25, -0.2) is 4.99 Å². The molecule has 1 aliphatic heterocycles. The molecule has 1 aliphatic rings. The van der Waals surface area contributed by atoms with E-state index in [2.05, 4.69) is 15.3 Å². The van der Waals surface area contributed by atoms with Crippen LogP contribution in [0.3, 0.4) is 0 Å². The molecule has 0 unspecified atom stereocenters.